The zero-order valence-electron chi connectivity index (χ0n) is 14.1. The van der Waals surface area contributed by atoms with Crippen molar-refractivity contribution in [2.45, 2.75) is 72.8 Å². The van der Waals surface area contributed by atoms with Crippen LogP contribution in [-0.4, -0.2) is 36.7 Å². The van der Waals surface area contributed by atoms with E-state index in [0.717, 1.165) is 12.5 Å². The van der Waals surface area contributed by atoms with E-state index in [9.17, 15) is 0 Å². The lowest BCUT2D eigenvalue weighted by Gasteiger charge is -2.38. The van der Waals surface area contributed by atoms with Crippen LogP contribution in [-0.2, 0) is 4.74 Å². The van der Waals surface area contributed by atoms with Crippen LogP contribution in [0.4, 0.5) is 0 Å². The average molecular weight is 269 g/mol. The topological polar surface area (TPSA) is 12.5 Å². The fraction of sp³-hybridized carbons (Fsp3) is 1.00. The molecule has 1 rings (SSSR count). The van der Waals surface area contributed by atoms with Crippen molar-refractivity contribution in [2.75, 3.05) is 26.2 Å². The number of piperidine rings is 1. The Morgan fingerprint density at radius 1 is 0.947 bits per heavy atom. The lowest BCUT2D eigenvalue weighted by atomic mass is 9.75. The zero-order chi connectivity index (χ0) is 14.5. The highest BCUT2D eigenvalue weighted by molar-refractivity contribution is 4.80. The van der Waals surface area contributed by atoms with Gasteiger partial charge in [-0.05, 0) is 77.4 Å². The van der Waals surface area contributed by atoms with Gasteiger partial charge in [0.25, 0.3) is 0 Å². The molecule has 0 atom stereocenters. The van der Waals surface area contributed by atoms with Gasteiger partial charge >= 0.3 is 0 Å². The smallest absolute Gasteiger partial charge is 0.0598 e. The van der Waals surface area contributed by atoms with Gasteiger partial charge in [0.2, 0.25) is 0 Å². The van der Waals surface area contributed by atoms with Crippen molar-refractivity contribution < 1.29 is 4.74 Å². The molecule has 1 saturated heterocycles. The van der Waals surface area contributed by atoms with E-state index in [0.29, 0.717) is 5.41 Å². The lowest BCUT2D eigenvalue weighted by Crippen LogP contribution is -2.38. The molecule has 1 aliphatic heterocycles. The van der Waals surface area contributed by atoms with E-state index in [1.165, 1.54) is 45.3 Å². The van der Waals surface area contributed by atoms with Gasteiger partial charge in [0, 0.05) is 6.61 Å². The van der Waals surface area contributed by atoms with Crippen LogP contribution in [0.1, 0.15) is 67.2 Å². The van der Waals surface area contributed by atoms with E-state index in [1.807, 2.05) is 0 Å². The molecule has 19 heavy (non-hydrogen) atoms. The number of hydrogen-bond acceptors (Lipinski definition) is 2. The molecule has 2 heteroatoms. The predicted octanol–water partition coefficient (Wildman–Crippen LogP) is 4.34. The van der Waals surface area contributed by atoms with Crippen molar-refractivity contribution >= 4 is 0 Å². The predicted molar refractivity (Wildman–Crippen MR) is 83.6 cm³/mol. The summed E-state index contributed by atoms with van der Waals surface area (Å²) in [6, 6.07) is 0. The molecule has 0 aromatic heterocycles. The maximum atomic E-state index is 5.76. The van der Waals surface area contributed by atoms with Crippen LogP contribution in [0.15, 0.2) is 0 Å². The number of hydrogen-bond donors (Lipinski definition) is 0. The fourth-order valence-electron chi connectivity index (χ4n) is 2.84. The molecule has 0 unspecified atom stereocenters. The van der Waals surface area contributed by atoms with Gasteiger partial charge < -0.3 is 9.64 Å². The Morgan fingerprint density at radius 2 is 1.53 bits per heavy atom. The molecule has 1 heterocycles. The summed E-state index contributed by atoms with van der Waals surface area (Å²) in [5, 5.41) is 0. The van der Waals surface area contributed by atoms with Crippen LogP contribution in [0, 0.1) is 11.3 Å². The van der Waals surface area contributed by atoms with Crippen LogP contribution in [0.3, 0.4) is 0 Å². The molecule has 0 N–H and O–H groups in total. The molecule has 0 aromatic rings. The highest BCUT2D eigenvalue weighted by atomic mass is 16.5. The van der Waals surface area contributed by atoms with Crippen LogP contribution in [0.5, 0.6) is 0 Å². The fourth-order valence-corrected chi connectivity index (χ4v) is 2.84. The van der Waals surface area contributed by atoms with E-state index in [1.54, 1.807) is 0 Å². The van der Waals surface area contributed by atoms with Crippen LogP contribution in [0.25, 0.3) is 0 Å². The van der Waals surface area contributed by atoms with Gasteiger partial charge in [-0.15, -0.1) is 0 Å². The number of unbranched alkanes of at least 4 members (excludes halogenated alkanes) is 1. The second-order valence-corrected chi connectivity index (χ2v) is 8.15. The van der Waals surface area contributed by atoms with Gasteiger partial charge in [0.05, 0.1) is 5.60 Å². The summed E-state index contributed by atoms with van der Waals surface area (Å²) in [6.45, 7) is 18.3. The molecular formula is C17H35NO. The molecule has 0 amide bonds. The monoisotopic (exact) mass is 269 g/mol. The van der Waals surface area contributed by atoms with Crippen molar-refractivity contribution in [1.82, 2.24) is 4.90 Å². The molecule has 0 saturated carbocycles. The SMILES string of the molecule is CC(C)(C)OCCCCN1CCC(C(C)(C)C)CC1. The minimum Gasteiger partial charge on any atom is -0.376 e. The van der Waals surface area contributed by atoms with Gasteiger partial charge in [-0.2, -0.15) is 0 Å². The summed E-state index contributed by atoms with van der Waals surface area (Å²) in [7, 11) is 0. The number of nitrogens with zero attached hydrogens (tertiary/aromatic N) is 1. The second kappa shape index (κ2) is 7.08. The summed E-state index contributed by atoms with van der Waals surface area (Å²) in [6.07, 6.45) is 5.22. The third-order valence-electron chi connectivity index (χ3n) is 4.22. The molecule has 2 nitrogen and oxygen atoms in total. The molecule has 1 aliphatic rings. The minimum atomic E-state index is 0.0189. The molecule has 114 valence electrons. The van der Waals surface area contributed by atoms with Gasteiger partial charge in [-0.25, -0.2) is 0 Å². The van der Waals surface area contributed by atoms with E-state index in [4.69, 9.17) is 4.74 Å². The Balaban J connectivity index is 2.07. The van der Waals surface area contributed by atoms with Crippen molar-refractivity contribution in [3.8, 4) is 0 Å². The van der Waals surface area contributed by atoms with Crippen LogP contribution < -0.4 is 0 Å². The highest BCUT2D eigenvalue weighted by Gasteiger charge is 2.28. The Morgan fingerprint density at radius 3 is 2.00 bits per heavy atom. The summed E-state index contributed by atoms with van der Waals surface area (Å²) in [4.78, 5) is 2.64. The first-order chi connectivity index (χ1) is 8.68. The average Bonchev–Trinajstić information content (AvgIpc) is 2.26. The van der Waals surface area contributed by atoms with E-state index < -0.39 is 0 Å². The number of likely N-dealkylation sites (tertiary alicyclic amines) is 1. The Bertz CT molecular complexity index is 241. The largest absolute Gasteiger partial charge is 0.376 e. The van der Waals surface area contributed by atoms with Crippen molar-refractivity contribution in [3.05, 3.63) is 0 Å². The van der Waals surface area contributed by atoms with Gasteiger partial charge in [-0.1, -0.05) is 20.8 Å². The van der Waals surface area contributed by atoms with Crippen molar-refractivity contribution in [3.63, 3.8) is 0 Å². The summed E-state index contributed by atoms with van der Waals surface area (Å²) < 4.78 is 5.76. The zero-order valence-corrected chi connectivity index (χ0v) is 14.1. The second-order valence-electron chi connectivity index (χ2n) is 8.15. The number of ether oxygens (including phenoxy) is 1. The Hall–Kier alpha value is -0.0800. The first-order valence-electron chi connectivity index (χ1n) is 8.05. The first kappa shape index (κ1) is 17.0. The quantitative estimate of drug-likeness (QED) is 0.688. The van der Waals surface area contributed by atoms with Crippen LogP contribution >= 0.6 is 0 Å². The molecular weight excluding hydrogens is 234 g/mol. The molecule has 0 aromatic carbocycles. The van der Waals surface area contributed by atoms with Crippen molar-refractivity contribution in [2.24, 2.45) is 11.3 Å². The number of rotatable bonds is 5. The van der Waals surface area contributed by atoms with E-state index in [-0.39, 0.29) is 5.60 Å². The maximum absolute atomic E-state index is 5.76. The lowest BCUT2D eigenvalue weighted by molar-refractivity contribution is -0.00572. The van der Waals surface area contributed by atoms with Gasteiger partial charge in [0.15, 0.2) is 0 Å². The molecule has 0 radical (unpaired) electrons. The Kier molecular flexibility index (Phi) is 6.32. The summed E-state index contributed by atoms with van der Waals surface area (Å²) in [5.41, 5.74) is 0.512. The van der Waals surface area contributed by atoms with E-state index in [2.05, 4.69) is 46.4 Å². The maximum Gasteiger partial charge on any atom is 0.0598 e. The third-order valence-corrected chi connectivity index (χ3v) is 4.22. The normalized spacial score (nSPS) is 19.9. The summed E-state index contributed by atoms with van der Waals surface area (Å²) >= 11 is 0. The van der Waals surface area contributed by atoms with E-state index >= 15 is 0 Å². The van der Waals surface area contributed by atoms with Crippen LogP contribution in [0.2, 0.25) is 0 Å². The summed E-state index contributed by atoms with van der Waals surface area (Å²) in [5.74, 6) is 0.910. The molecule has 1 fully saturated rings. The van der Waals surface area contributed by atoms with Crippen molar-refractivity contribution in [1.29, 1.82) is 0 Å². The Labute approximate surface area is 120 Å². The molecule has 0 spiro atoms. The minimum absolute atomic E-state index is 0.0189. The molecule has 0 bridgehead atoms. The molecule has 0 aliphatic carbocycles. The van der Waals surface area contributed by atoms with Gasteiger partial charge in [0.1, 0.15) is 0 Å². The third kappa shape index (κ3) is 7.31. The van der Waals surface area contributed by atoms with Gasteiger partial charge in [-0.3, -0.25) is 0 Å². The first-order valence-corrected chi connectivity index (χ1v) is 8.05. The standard InChI is InChI=1S/C17H35NO/c1-16(2,3)15-9-12-18(13-10-15)11-7-8-14-19-17(4,5)6/h15H,7-14H2,1-6H3. The highest BCUT2D eigenvalue weighted by Crippen LogP contribution is 2.34.